The maximum absolute atomic E-state index is 5.61. The summed E-state index contributed by atoms with van der Waals surface area (Å²) in [5.41, 5.74) is 0. The number of ether oxygens (including phenoxy) is 2. The fourth-order valence-corrected chi connectivity index (χ4v) is 2.95. The summed E-state index contributed by atoms with van der Waals surface area (Å²) < 4.78 is 13.0. The molecule has 0 aliphatic heterocycles. The smallest absolute Gasteiger partial charge is 0.192 e. The molecule has 0 aromatic carbocycles. The molecule has 0 saturated heterocycles. The van der Waals surface area contributed by atoms with Crippen LogP contribution in [0.1, 0.15) is 36.3 Å². The van der Waals surface area contributed by atoms with E-state index in [4.69, 9.17) is 9.47 Å². The zero-order valence-corrected chi connectivity index (χ0v) is 20.7. The van der Waals surface area contributed by atoms with Crippen LogP contribution in [0.25, 0.3) is 0 Å². The fraction of sp³-hybridized carbons (Fsp3) is 0.632. The number of aliphatic imine (C=N–C) groups is 1. The van der Waals surface area contributed by atoms with Crippen LogP contribution in [0.2, 0.25) is 0 Å². The summed E-state index contributed by atoms with van der Waals surface area (Å²) in [4.78, 5) is 5.88. The van der Waals surface area contributed by atoms with Crippen molar-refractivity contribution in [2.75, 3.05) is 33.0 Å². The van der Waals surface area contributed by atoms with Crippen LogP contribution in [0.5, 0.6) is 0 Å². The van der Waals surface area contributed by atoms with Gasteiger partial charge in [0.25, 0.3) is 0 Å². The summed E-state index contributed by atoms with van der Waals surface area (Å²) in [6.45, 7) is 8.60. The summed E-state index contributed by atoms with van der Waals surface area (Å²) in [5, 5.41) is 17.0. The van der Waals surface area contributed by atoms with Gasteiger partial charge in [0.2, 0.25) is 0 Å². The standard InChI is InChI=1S/C19H32N6O2S.HI/c1-4-5-9-26-11-12-27-10-8-20-19(21-14-17-7-6-13-28-17)22-15-18-24-23-16(2)25(18)3;/h6-7,13H,4-5,8-12,14-15H2,1-3H3,(H2,20,21,22);1H. The Hall–Kier alpha value is -1.24. The molecule has 0 radical (unpaired) electrons. The molecule has 0 aliphatic rings. The highest BCUT2D eigenvalue weighted by Gasteiger charge is 2.05. The number of aromatic nitrogens is 3. The van der Waals surface area contributed by atoms with Crippen LogP contribution in [-0.2, 0) is 29.6 Å². The first-order valence-corrected chi connectivity index (χ1v) is 10.6. The van der Waals surface area contributed by atoms with E-state index in [1.165, 1.54) is 4.88 Å². The van der Waals surface area contributed by atoms with Crippen molar-refractivity contribution in [2.45, 2.75) is 39.8 Å². The van der Waals surface area contributed by atoms with Gasteiger partial charge in [-0.2, -0.15) is 0 Å². The fourth-order valence-electron chi connectivity index (χ4n) is 2.31. The highest BCUT2D eigenvalue weighted by atomic mass is 127. The van der Waals surface area contributed by atoms with E-state index in [9.17, 15) is 0 Å². The van der Waals surface area contributed by atoms with Crippen molar-refractivity contribution in [1.29, 1.82) is 0 Å². The SMILES string of the molecule is CCCCOCCOCCNC(=NCc1nnc(C)n1C)NCc1cccs1.I. The lowest BCUT2D eigenvalue weighted by molar-refractivity contribution is 0.0487. The van der Waals surface area contributed by atoms with E-state index in [1.54, 1.807) is 11.3 Å². The van der Waals surface area contributed by atoms with E-state index in [-0.39, 0.29) is 24.0 Å². The quantitative estimate of drug-likeness (QED) is 0.177. The van der Waals surface area contributed by atoms with E-state index in [1.807, 2.05) is 24.6 Å². The Kier molecular flexibility index (Phi) is 13.9. The van der Waals surface area contributed by atoms with Gasteiger partial charge in [-0.1, -0.05) is 19.4 Å². The number of guanidine groups is 1. The minimum atomic E-state index is 0. The molecular formula is C19H33IN6O2S. The van der Waals surface area contributed by atoms with Crippen molar-refractivity contribution in [2.24, 2.45) is 12.0 Å². The highest BCUT2D eigenvalue weighted by molar-refractivity contribution is 14.0. The zero-order chi connectivity index (χ0) is 20.0. The Labute approximate surface area is 194 Å². The molecule has 0 spiro atoms. The van der Waals surface area contributed by atoms with Gasteiger partial charge in [0, 0.05) is 25.1 Å². The van der Waals surface area contributed by atoms with Crippen molar-refractivity contribution in [3.63, 3.8) is 0 Å². The minimum absolute atomic E-state index is 0. The largest absolute Gasteiger partial charge is 0.379 e. The van der Waals surface area contributed by atoms with E-state index < -0.39 is 0 Å². The van der Waals surface area contributed by atoms with Gasteiger partial charge in [0.1, 0.15) is 12.4 Å². The van der Waals surface area contributed by atoms with E-state index in [2.05, 4.69) is 44.2 Å². The maximum atomic E-state index is 5.61. The monoisotopic (exact) mass is 536 g/mol. The number of aryl methyl sites for hydroxylation is 1. The van der Waals surface area contributed by atoms with Crippen molar-refractivity contribution in [3.05, 3.63) is 34.0 Å². The Morgan fingerprint density at radius 2 is 1.97 bits per heavy atom. The zero-order valence-electron chi connectivity index (χ0n) is 17.5. The van der Waals surface area contributed by atoms with Crippen molar-refractivity contribution in [1.82, 2.24) is 25.4 Å². The average molecular weight is 536 g/mol. The van der Waals surface area contributed by atoms with Crippen LogP contribution >= 0.6 is 35.3 Å². The molecule has 2 rings (SSSR count). The first kappa shape index (κ1) is 25.8. The van der Waals surface area contributed by atoms with Gasteiger partial charge in [0.05, 0.1) is 26.4 Å². The lowest BCUT2D eigenvalue weighted by Crippen LogP contribution is -2.38. The maximum Gasteiger partial charge on any atom is 0.192 e. The molecule has 0 aliphatic carbocycles. The second-order valence-corrected chi connectivity index (χ2v) is 7.36. The van der Waals surface area contributed by atoms with Gasteiger partial charge in [-0.3, -0.25) is 0 Å². The number of nitrogens with zero attached hydrogens (tertiary/aromatic N) is 4. The number of thiophene rings is 1. The molecule has 29 heavy (non-hydrogen) atoms. The number of hydrogen-bond donors (Lipinski definition) is 2. The van der Waals surface area contributed by atoms with E-state index in [0.29, 0.717) is 32.9 Å². The summed E-state index contributed by atoms with van der Waals surface area (Å²) in [7, 11) is 1.95. The topological polar surface area (TPSA) is 85.6 Å². The van der Waals surface area contributed by atoms with E-state index >= 15 is 0 Å². The molecule has 0 amide bonds. The number of hydrogen-bond acceptors (Lipinski definition) is 6. The highest BCUT2D eigenvalue weighted by Crippen LogP contribution is 2.07. The van der Waals surface area contributed by atoms with Crippen LogP contribution in [0.4, 0.5) is 0 Å². The molecule has 0 atom stereocenters. The average Bonchev–Trinajstić information content (AvgIpc) is 3.33. The Morgan fingerprint density at radius 3 is 2.62 bits per heavy atom. The number of nitrogens with one attached hydrogen (secondary N) is 2. The predicted octanol–water partition coefficient (Wildman–Crippen LogP) is 2.87. The van der Waals surface area contributed by atoms with Gasteiger partial charge >= 0.3 is 0 Å². The van der Waals surface area contributed by atoms with Crippen LogP contribution in [-0.4, -0.2) is 53.7 Å². The Bertz CT molecular complexity index is 693. The van der Waals surface area contributed by atoms with Gasteiger partial charge < -0.3 is 24.7 Å². The molecule has 2 N–H and O–H groups in total. The number of unbranched alkanes of at least 4 members (excludes halogenated alkanes) is 1. The Morgan fingerprint density at radius 1 is 1.17 bits per heavy atom. The van der Waals surface area contributed by atoms with Crippen molar-refractivity contribution < 1.29 is 9.47 Å². The normalized spacial score (nSPS) is 11.3. The molecule has 2 heterocycles. The first-order valence-electron chi connectivity index (χ1n) is 9.75. The Balaban J connectivity index is 0.00000420. The molecule has 2 aromatic heterocycles. The lowest BCUT2D eigenvalue weighted by Gasteiger charge is -2.12. The summed E-state index contributed by atoms with van der Waals surface area (Å²) in [6.07, 6.45) is 2.25. The van der Waals surface area contributed by atoms with Crippen LogP contribution in [0.15, 0.2) is 22.5 Å². The van der Waals surface area contributed by atoms with Crippen LogP contribution < -0.4 is 10.6 Å². The molecular weight excluding hydrogens is 503 g/mol. The van der Waals surface area contributed by atoms with Gasteiger partial charge in [0.15, 0.2) is 11.8 Å². The minimum Gasteiger partial charge on any atom is -0.379 e. The van der Waals surface area contributed by atoms with Crippen LogP contribution in [0.3, 0.4) is 0 Å². The molecule has 0 unspecified atom stereocenters. The lowest BCUT2D eigenvalue weighted by atomic mass is 10.4. The number of rotatable bonds is 13. The van der Waals surface area contributed by atoms with E-state index in [0.717, 1.165) is 43.6 Å². The first-order chi connectivity index (χ1) is 13.7. The third-order valence-corrected chi connectivity index (χ3v) is 5.00. The third-order valence-electron chi connectivity index (χ3n) is 4.12. The molecule has 0 saturated carbocycles. The summed E-state index contributed by atoms with van der Waals surface area (Å²) in [5.74, 6) is 2.44. The molecule has 164 valence electrons. The van der Waals surface area contributed by atoms with Crippen molar-refractivity contribution in [3.8, 4) is 0 Å². The molecule has 2 aromatic rings. The second kappa shape index (κ2) is 15.6. The third kappa shape index (κ3) is 10.4. The van der Waals surface area contributed by atoms with Crippen molar-refractivity contribution >= 4 is 41.3 Å². The van der Waals surface area contributed by atoms with Gasteiger partial charge in [-0.25, -0.2) is 4.99 Å². The van der Waals surface area contributed by atoms with Crippen LogP contribution in [0, 0.1) is 6.92 Å². The number of halogens is 1. The second-order valence-electron chi connectivity index (χ2n) is 6.33. The summed E-state index contributed by atoms with van der Waals surface area (Å²) >= 11 is 1.72. The van der Waals surface area contributed by atoms with Gasteiger partial charge in [-0.05, 0) is 24.8 Å². The molecule has 0 fully saturated rings. The van der Waals surface area contributed by atoms with Gasteiger partial charge in [-0.15, -0.1) is 45.5 Å². The molecule has 10 heteroatoms. The molecule has 8 nitrogen and oxygen atoms in total. The molecule has 0 bridgehead atoms. The summed E-state index contributed by atoms with van der Waals surface area (Å²) in [6, 6.07) is 4.15. The predicted molar refractivity (Wildman–Crippen MR) is 128 cm³/mol.